The van der Waals surface area contributed by atoms with Crippen LogP contribution in [0.3, 0.4) is 0 Å². The van der Waals surface area contributed by atoms with Gasteiger partial charge in [0.1, 0.15) is 23.4 Å². The van der Waals surface area contributed by atoms with E-state index in [1.807, 2.05) is 0 Å². The summed E-state index contributed by atoms with van der Waals surface area (Å²) in [7, 11) is 0. The van der Waals surface area contributed by atoms with Crippen LogP contribution in [0.15, 0.2) is 81.2 Å². The van der Waals surface area contributed by atoms with Gasteiger partial charge >= 0.3 is 5.69 Å². The number of para-hydroxylation sites is 1. The van der Waals surface area contributed by atoms with Crippen molar-refractivity contribution >= 4 is 34.2 Å². The summed E-state index contributed by atoms with van der Waals surface area (Å²) in [5.74, 6) is 0.103. The summed E-state index contributed by atoms with van der Waals surface area (Å²) in [5, 5.41) is 36.3. The van der Waals surface area contributed by atoms with Gasteiger partial charge in [0.15, 0.2) is 5.58 Å². The Morgan fingerprint density at radius 1 is 1.03 bits per heavy atom. The number of nitrogens with one attached hydrogen (secondary N) is 1. The standard InChI is InChI=1S/C22H14N4O8/c27-19-9-7-15-21(28)20(34-14-4-2-1-3-5-14)12-33-22(15)16(19)11-23-24-17-8-6-13(25(29)30)10-18(17)26(31)32/h1-12,24,27H. The molecule has 170 valence electrons. The molecule has 1 heterocycles. The molecule has 3 aromatic carbocycles. The summed E-state index contributed by atoms with van der Waals surface area (Å²) in [4.78, 5) is 33.4. The lowest BCUT2D eigenvalue weighted by Gasteiger charge is -2.07. The summed E-state index contributed by atoms with van der Waals surface area (Å²) < 4.78 is 11.1. The van der Waals surface area contributed by atoms with Gasteiger partial charge in [-0.2, -0.15) is 5.10 Å². The van der Waals surface area contributed by atoms with Gasteiger partial charge in [0.2, 0.25) is 11.2 Å². The largest absolute Gasteiger partial charge is 0.507 e. The maximum Gasteiger partial charge on any atom is 0.301 e. The van der Waals surface area contributed by atoms with Crippen LogP contribution in [0.5, 0.6) is 17.2 Å². The molecule has 4 rings (SSSR count). The molecule has 0 spiro atoms. The number of rotatable bonds is 7. The van der Waals surface area contributed by atoms with Crippen molar-refractivity contribution in [3.05, 3.63) is 103 Å². The molecule has 12 heteroatoms. The molecule has 0 amide bonds. The third kappa shape index (κ3) is 4.36. The normalized spacial score (nSPS) is 10.9. The number of nitrogens with zero attached hydrogens (tertiary/aromatic N) is 3. The van der Waals surface area contributed by atoms with Crippen molar-refractivity contribution in [3.8, 4) is 17.2 Å². The lowest BCUT2D eigenvalue weighted by molar-refractivity contribution is -0.393. The molecule has 0 atom stereocenters. The first-order valence-electron chi connectivity index (χ1n) is 9.57. The lowest BCUT2D eigenvalue weighted by Crippen LogP contribution is -2.06. The molecule has 0 fully saturated rings. The molecular formula is C22H14N4O8. The Bertz CT molecular complexity index is 1500. The minimum Gasteiger partial charge on any atom is -0.507 e. The number of benzene rings is 3. The minimum atomic E-state index is -0.798. The van der Waals surface area contributed by atoms with E-state index in [9.17, 15) is 30.1 Å². The van der Waals surface area contributed by atoms with Crippen LogP contribution in [0, 0.1) is 20.2 Å². The summed E-state index contributed by atoms with van der Waals surface area (Å²) in [6.07, 6.45) is 2.20. The maximum absolute atomic E-state index is 12.8. The summed E-state index contributed by atoms with van der Waals surface area (Å²) >= 11 is 0. The van der Waals surface area contributed by atoms with Crippen molar-refractivity contribution in [2.24, 2.45) is 5.10 Å². The molecule has 0 aliphatic heterocycles. The molecule has 34 heavy (non-hydrogen) atoms. The van der Waals surface area contributed by atoms with E-state index in [-0.39, 0.29) is 33.7 Å². The number of fused-ring (bicyclic) bond motifs is 1. The van der Waals surface area contributed by atoms with Crippen molar-refractivity contribution in [1.29, 1.82) is 0 Å². The highest BCUT2D eigenvalue weighted by Gasteiger charge is 2.19. The Labute approximate surface area is 189 Å². The van der Waals surface area contributed by atoms with Gasteiger partial charge in [-0.05, 0) is 30.3 Å². The van der Waals surface area contributed by atoms with E-state index in [0.717, 1.165) is 30.7 Å². The van der Waals surface area contributed by atoms with E-state index in [1.165, 1.54) is 12.1 Å². The van der Waals surface area contributed by atoms with E-state index in [2.05, 4.69) is 10.5 Å². The van der Waals surface area contributed by atoms with Crippen molar-refractivity contribution < 1.29 is 24.1 Å². The highest BCUT2D eigenvalue weighted by Crippen LogP contribution is 2.30. The van der Waals surface area contributed by atoms with E-state index >= 15 is 0 Å². The number of nitro groups is 2. The Balaban J connectivity index is 1.67. The first-order valence-corrected chi connectivity index (χ1v) is 9.57. The highest BCUT2D eigenvalue weighted by atomic mass is 16.6. The molecule has 2 N–H and O–H groups in total. The second kappa shape index (κ2) is 9.08. The molecular weight excluding hydrogens is 448 g/mol. The SMILES string of the molecule is O=c1c(Oc2ccccc2)coc2c(C=NNc3ccc([N+](=O)[O-])cc3[N+](=O)[O-])c(O)ccc12. The molecule has 0 radical (unpaired) electrons. The fourth-order valence-electron chi connectivity index (χ4n) is 3.05. The average molecular weight is 462 g/mol. The van der Waals surface area contributed by atoms with Crippen LogP contribution < -0.4 is 15.6 Å². The Morgan fingerprint density at radius 2 is 1.79 bits per heavy atom. The first kappa shape index (κ1) is 22.0. The number of anilines is 1. The van der Waals surface area contributed by atoms with Gasteiger partial charge in [-0.25, -0.2) is 0 Å². The number of phenolic OH excluding ortho intramolecular Hbond substituents is 1. The second-order valence-corrected chi connectivity index (χ2v) is 6.80. The van der Waals surface area contributed by atoms with Gasteiger partial charge < -0.3 is 14.3 Å². The molecule has 0 aliphatic carbocycles. The third-order valence-electron chi connectivity index (χ3n) is 4.66. The van der Waals surface area contributed by atoms with Crippen LogP contribution in [-0.2, 0) is 0 Å². The van der Waals surface area contributed by atoms with Crippen LogP contribution in [0.25, 0.3) is 11.0 Å². The number of nitro benzene ring substituents is 2. The zero-order valence-corrected chi connectivity index (χ0v) is 17.1. The monoisotopic (exact) mass is 462 g/mol. The lowest BCUT2D eigenvalue weighted by atomic mass is 10.1. The smallest absolute Gasteiger partial charge is 0.301 e. The zero-order chi connectivity index (χ0) is 24.2. The van der Waals surface area contributed by atoms with Crippen LogP contribution in [0.4, 0.5) is 17.1 Å². The number of aromatic hydroxyl groups is 1. The maximum atomic E-state index is 12.8. The van der Waals surface area contributed by atoms with Gasteiger partial charge in [-0.1, -0.05) is 18.2 Å². The van der Waals surface area contributed by atoms with E-state index < -0.39 is 26.7 Å². The number of non-ortho nitro benzene ring substituents is 1. The van der Waals surface area contributed by atoms with Gasteiger partial charge in [-0.15, -0.1) is 0 Å². The van der Waals surface area contributed by atoms with E-state index in [0.29, 0.717) is 5.75 Å². The Hall–Kier alpha value is -5.26. The molecule has 0 aliphatic rings. The number of hydrazone groups is 1. The van der Waals surface area contributed by atoms with Crippen LogP contribution >= 0.6 is 0 Å². The molecule has 12 nitrogen and oxygen atoms in total. The van der Waals surface area contributed by atoms with Crippen molar-refractivity contribution in [3.63, 3.8) is 0 Å². The topological polar surface area (TPSA) is 170 Å². The number of ether oxygens (including phenoxy) is 1. The molecule has 4 aromatic rings. The van der Waals surface area contributed by atoms with E-state index in [4.69, 9.17) is 9.15 Å². The van der Waals surface area contributed by atoms with E-state index in [1.54, 1.807) is 30.3 Å². The molecule has 0 saturated heterocycles. The number of hydrogen-bond donors (Lipinski definition) is 2. The predicted octanol–water partition coefficient (Wildman–Crippen LogP) is 4.55. The average Bonchev–Trinajstić information content (AvgIpc) is 2.82. The van der Waals surface area contributed by atoms with Gasteiger partial charge in [0.05, 0.1) is 33.1 Å². The van der Waals surface area contributed by atoms with Gasteiger partial charge in [-0.3, -0.25) is 30.4 Å². The quantitative estimate of drug-likeness (QED) is 0.227. The Morgan fingerprint density at radius 3 is 2.50 bits per heavy atom. The third-order valence-corrected chi connectivity index (χ3v) is 4.66. The van der Waals surface area contributed by atoms with Crippen molar-refractivity contribution in [2.45, 2.75) is 0 Å². The summed E-state index contributed by atoms with van der Waals surface area (Å²) in [6, 6.07) is 14.2. The minimum absolute atomic E-state index is 0.00848. The fraction of sp³-hybridized carbons (Fsp3) is 0. The van der Waals surface area contributed by atoms with Crippen molar-refractivity contribution in [1.82, 2.24) is 0 Å². The summed E-state index contributed by atoms with van der Waals surface area (Å²) in [6.45, 7) is 0. The predicted molar refractivity (Wildman–Crippen MR) is 122 cm³/mol. The number of phenols is 1. The van der Waals surface area contributed by atoms with Crippen LogP contribution in [0.2, 0.25) is 0 Å². The molecule has 0 bridgehead atoms. The second-order valence-electron chi connectivity index (χ2n) is 6.80. The van der Waals surface area contributed by atoms with Crippen molar-refractivity contribution in [2.75, 3.05) is 5.43 Å². The van der Waals surface area contributed by atoms with Crippen LogP contribution in [0.1, 0.15) is 5.56 Å². The van der Waals surface area contributed by atoms with Crippen LogP contribution in [-0.4, -0.2) is 21.2 Å². The first-order chi connectivity index (χ1) is 16.3. The fourth-order valence-corrected chi connectivity index (χ4v) is 3.05. The Kier molecular flexibility index (Phi) is 5.86. The molecule has 0 saturated carbocycles. The highest BCUT2D eigenvalue weighted by molar-refractivity contribution is 5.99. The van der Waals surface area contributed by atoms with Gasteiger partial charge in [0, 0.05) is 6.07 Å². The molecule has 0 unspecified atom stereocenters. The van der Waals surface area contributed by atoms with Gasteiger partial charge in [0.25, 0.3) is 5.69 Å². The molecule has 1 aromatic heterocycles. The summed E-state index contributed by atoms with van der Waals surface area (Å²) in [5.41, 5.74) is 0.815. The number of hydrogen-bond acceptors (Lipinski definition) is 10. The zero-order valence-electron chi connectivity index (χ0n) is 17.1.